The molecule has 2 aliphatic heterocycles. The van der Waals surface area contributed by atoms with Crippen LogP contribution in [-0.2, 0) is 4.74 Å². The summed E-state index contributed by atoms with van der Waals surface area (Å²) in [6.45, 7) is 3.27. The fourth-order valence-electron chi connectivity index (χ4n) is 1.56. The lowest BCUT2D eigenvalue weighted by atomic mass is 10.1. The second-order valence-corrected chi connectivity index (χ2v) is 2.62. The lowest BCUT2D eigenvalue weighted by Gasteiger charge is -2.02. The summed E-state index contributed by atoms with van der Waals surface area (Å²) in [6, 6.07) is 0. The Bertz CT molecular complexity index is 74.5. The molecule has 2 aliphatic rings. The molecule has 2 saturated heterocycles. The molecule has 2 nitrogen and oxygen atoms in total. The van der Waals surface area contributed by atoms with Gasteiger partial charge in [-0.05, 0) is 6.42 Å². The van der Waals surface area contributed by atoms with Gasteiger partial charge in [-0.15, -0.1) is 0 Å². The van der Waals surface area contributed by atoms with E-state index in [-0.39, 0.29) is 0 Å². The van der Waals surface area contributed by atoms with E-state index in [9.17, 15) is 0 Å². The molecule has 2 fully saturated rings. The number of rotatable bonds is 0. The SMILES string of the molecule is C1C[C@@H]2CNC[C@H]2O1. The summed E-state index contributed by atoms with van der Waals surface area (Å²) in [5.74, 6) is 0.843. The van der Waals surface area contributed by atoms with E-state index in [2.05, 4.69) is 5.32 Å². The average molecular weight is 113 g/mol. The molecule has 0 aromatic rings. The maximum Gasteiger partial charge on any atom is 0.0740 e. The zero-order valence-corrected chi connectivity index (χ0v) is 4.89. The summed E-state index contributed by atoms with van der Waals surface area (Å²) in [4.78, 5) is 0. The molecule has 0 spiro atoms. The van der Waals surface area contributed by atoms with Gasteiger partial charge in [0.2, 0.25) is 0 Å². The molecule has 8 heavy (non-hydrogen) atoms. The normalized spacial score (nSPS) is 45.0. The van der Waals surface area contributed by atoms with Crippen LogP contribution in [0.1, 0.15) is 6.42 Å². The Morgan fingerprint density at radius 3 is 3.25 bits per heavy atom. The topological polar surface area (TPSA) is 21.3 Å². The molecule has 0 aromatic heterocycles. The first-order valence-electron chi connectivity index (χ1n) is 3.29. The number of fused-ring (bicyclic) bond motifs is 1. The summed E-state index contributed by atoms with van der Waals surface area (Å²) in [5.41, 5.74) is 0. The largest absolute Gasteiger partial charge is 0.377 e. The van der Waals surface area contributed by atoms with Crippen LogP contribution in [0.2, 0.25) is 0 Å². The molecule has 0 unspecified atom stereocenters. The minimum absolute atomic E-state index is 0.565. The number of hydrogen-bond acceptors (Lipinski definition) is 2. The molecule has 1 N–H and O–H groups in total. The first-order chi connectivity index (χ1) is 3.97. The van der Waals surface area contributed by atoms with Gasteiger partial charge in [-0.3, -0.25) is 0 Å². The highest BCUT2D eigenvalue weighted by Gasteiger charge is 2.31. The van der Waals surface area contributed by atoms with Gasteiger partial charge in [-0.2, -0.15) is 0 Å². The summed E-state index contributed by atoms with van der Waals surface area (Å²) >= 11 is 0. The smallest absolute Gasteiger partial charge is 0.0740 e. The summed E-state index contributed by atoms with van der Waals surface area (Å²) in [6.07, 6.45) is 1.84. The monoisotopic (exact) mass is 113 g/mol. The van der Waals surface area contributed by atoms with Crippen molar-refractivity contribution in [3.05, 3.63) is 0 Å². The van der Waals surface area contributed by atoms with Crippen molar-refractivity contribution >= 4 is 0 Å². The van der Waals surface area contributed by atoms with Gasteiger partial charge in [-0.25, -0.2) is 0 Å². The van der Waals surface area contributed by atoms with Gasteiger partial charge in [0.05, 0.1) is 6.10 Å². The number of ether oxygens (including phenoxy) is 1. The fraction of sp³-hybridized carbons (Fsp3) is 1.00. The third-order valence-electron chi connectivity index (χ3n) is 2.10. The van der Waals surface area contributed by atoms with Crippen LogP contribution in [0.15, 0.2) is 0 Å². The zero-order chi connectivity index (χ0) is 5.40. The van der Waals surface area contributed by atoms with E-state index in [0.717, 1.165) is 19.1 Å². The van der Waals surface area contributed by atoms with Crippen LogP contribution in [0, 0.1) is 5.92 Å². The maximum atomic E-state index is 5.41. The van der Waals surface area contributed by atoms with Crippen LogP contribution in [0.25, 0.3) is 0 Å². The molecular weight excluding hydrogens is 102 g/mol. The molecule has 0 bridgehead atoms. The maximum absolute atomic E-state index is 5.41. The highest BCUT2D eigenvalue weighted by Crippen LogP contribution is 2.22. The van der Waals surface area contributed by atoms with Crippen LogP contribution < -0.4 is 5.32 Å². The van der Waals surface area contributed by atoms with E-state index >= 15 is 0 Å². The fourth-order valence-corrected chi connectivity index (χ4v) is 1.56. The van der Waals surface area contributed by atoms with E-state index in [0.29, 0.717) is 6.10 Å². The lowest BCUT2D eigenvalue weighted by Crippen LogP contribution is -2.14. The lowest BCUT2D eigenvalue weighted by molar-refractivity contribution is 0.112. The number of nitrogens with one attached hydrogen (secondary N) is 1. The third-order valence-corrected chi connectivity index (χ3v) is 2.10. The van der Waals surface area contributed by atoms with E-state index in [1.807, 2.05) is 0 Å². The standard InChI is InChI=1S/C6H11NO/c1-2-8-6-4-7-3-5(1)6/h5-7H,1-4H2/t5-,6-/m1/s1. The van der Waals surface area contributed by atoms with Crippen molar-refractivity contribution in [1.29, 1.82) is 0 Å². The molecule has 2 heterocycles. The third kappa shape index (κ3) is 0.565. The van der Waals surface area contributed by atoms with E-state index in [4.69, 9.17) is 4.74 Å². The molecule has 0 saturated carbocycles. The Kier molecular flexibility index (Phi) is 1.02. The van der Waals surface area contributed by atoms with Crippen molar-refractivity contribution in [1.82, 2.24) is 5.32 Å². The van der Waals surface area contributed by atoms with Gasteiger partial charge in [0.1, 0.15) is 0 Å². The minimum Gasteiger partial charge on any atom is -0.377 e. The highest BCUT2D eigenvalue weighted by molar-refractivity contribution is 4.85. The van der Waals surface area contributed by atoms with Crippen LogP contribution >= 0.6 is 0 Å². The van der Waals surface area contributed by atoms with Crippen molar-refractivity contribution in [2.75, 3.05) is 19.7 Å². The zero-order valence-electron chi connectivity index (χ0n) is 4.89. The van der Waals surface area contributed by atoms with E-state index < -0.39 is 0 Å². The average Bonchev–Trinajstić information content (AvgIpc) is 2.15. The first kappa shape index (κ1) is 4.77. The Labute approximate surface area is 49.2 Å². The van der Waals surface area contributed by atoms with Gasteiger partial charge in [0.15, 0.2) is 0 Å². The van der Waals surface area contributed by atoms with E-state index in [1.165, 1.54) is 13.0 Å². The van der Waals surface area contributed by atoms with Crippen LogP contribution in [0.3, 0.4) is 0 Å². The van der Waals surface area contributed by atoms with Gasteiger partial charge >= 0.3 is 0 Å². The summed E-state index contributed by atoms with van der Waals surface area (Å²) in [5, 5.41) is 3.30. The first-order valence-corrected chi connectivity index (χ1v) is 3.29. The molecule has 2 atom stereocenters. The molecule has 46 valence electrons. The van der Waals surface area contributed by atoms with Crippen molar-refractivity contribution in [2.45, 2.75) is 12.5 Å². The Morgan fingerprint density at radius 2 is 2.38 bits per heavy atom. The van der Waals surface area contributed by atoms with Crippen molar-refractivity contribution in [3.63, 3.8) is 0 Å². The molecule has 0 amide bonds. The van der Waals surface area contributed by atoms with Crippen molar-refractivity contribution < 1.29 is 4.74 Å². The van der Waals surface area contributed by atoms with Gasteiger partial charge in [-0.1, -0.05) is 0 Å². The number of hydrogen-bond donors (Lipinski definition) is 1. The molecular formula is C6H11NO. The molecule has 2 rings (SSSR count). The van der Waals surface area contributed by atoms with Crippen LogP contribution in [0.4, 0.5) is 0 Å². The second kappa shape index (κ2) is 1.71. The molecule has 0 radical (unpaired) electrons. The molecule has 2 heteroatoms. The summed E-state index contributed by atoms with van der Waals surface area (Å²) < 4.78 is 5.41. The minimum atomic E-state index is 0.565. The van der Waals surface area contributed by atoms with E-state index in [1.54, 1.807) is 0 Å². The predicted molar refractivity (Wildman–Crippen MR) is 30.7 cm³/mol. The predicted octanol–water partition coefficient (Wildman–Crippen LogP) is -0.00530. The van der Waals surface area contributed by atoms with Gasteiger partial charge in [0, 0.05) is 25.6 Å². The Hall–Kier alpha value is -0.0800. The Morgan fingerprint density at radius 1 is 1.38 bits per heavy atom. The van der Waals surface area contributed by atoms with Gasteiger partial charge in [0.25, 0.3) is 0 Å². The molecule has 0 aromatic carbocycles. The summed E-state index contributed by atoms with van der Waals surface area (Å²) in [7, 11) is 0. The highest BCUT2D eigenvalue weighted by atomic mass is 16.5. The second-order valence-electron chi connectivity index (χ2n) is 2.62. The van der Waals surface area contributed by atoms with Gasteiger partial charge < -0.3 is 10.1 Å². The Balaban J connectivity index is 2.04. The van der Waals surface area contributed by atoms with Crippen molar-refractivity contribution in [3.8, 4) is 0 Å². The quantitative estimate of drug-likeness (QED) is 0.477. The molecule has 0 aliphatic carbocycles. The van der Waals surface area contributed by atoms with Crippen LogP contribution in [-0.4, -0.2) is 25.8 Å². The van der Waals surface area contributed by atoms with Crippen molar-refractivity contribution in [2.24, 2.45) is 5.92 Å². The van der Waals surface area contributed by atoms with Crippen LogP contribution in [0.5, 0.6) is 0 Å².